The van der Waals surface area contributed by atoms with Crippen LogP contribution < -0.4 is 0 Å². The predicted molar refractivity (Wildman–Crippen MR) is 88.1 cm³/mol. The van der Waals surface area contributed by atoms with Gasteiger partial charge in [-0.25, -0.2) is 0 Å². The van der Waals surface area contributed by atoms with Crippen molar-refractivity contribution in [1.82, 2.24) is 9.88 Å². The lowest BCUT2D eigenvalue weighted by atomic mass is 9.97. The third kappa shape index (κ3) is 3.17. The smallest absolute Gasteiger partial charge is 0.254 e. The van der Waals surface area contributed by atoms with E-state index in [4.69, 9.17) is 4.74 Å². The largest absolute Gasteiger partial charge is 0.385 e. The molecule has 2 aromatic rings. The van der Waals surface area contributed by atoms with Crippen molar-refractivity contribution in [3.63, 3.8) is 0 Å². The minimum Gasteiger partial charge on any atom is -0.385 e. The molecule has 0 bridgehead atoms. The van der Waals surface area contributed by atoms with Crippen molar-refractivity contribution in [2.45, 2.75) is 38.1 Å². The summed E-state index contributed by atoms with van der Waals surface area (Å²) in [7, 11) is 1.73. The molecule has 1 aliphatic heterocycles. The van der Waals surface area contributed by atoms with E-state index in [9.17, 15) is 4.79 Å². The highest BCUT2D eigenvalue weighted by Gasteiger charge is 2.27. The molecule has 0 unspecified atom stereocenters. The van der Waals surface area contributed by atoms with E-state index in [1.807, 2.05) is 30.5 Å². The molecule has 0 spiro atoms. The Labute approximate surface area is 131 Å². The number of piperidine rings is 1. The highest BCUT2D eigenvalue weighted by atomic mass is 16.5. The maximum absolute atomic E-state index is 12.9. The van der Waals surface area contributed by atoms with Gasteiger partial charge in [-0.05, 0) is 56.4 Å². The molecular weight excluding hydrogens is 276 g/mol. The van der Waals surface area contributed by atoms with Gasteiger partial charge in [-0.3, -0.25) is 4.79 Å². The Morgan fingerprint density at radius 1 is 1.36 bits per heavy atom. The molecule has 4 nitrogen and oxygen atoms in total. The molecule has 0 radical (unpaired) electrons. The summed E-state index contributed by atoms with van der Waals surface area (Å²) in [6.45, 7) is 1.65. The minimum absolute atomic E-state index is 0.171. The fraction of sp³-hybridized carbons (Fsp3) is 0.500. The van der Waals surface area contributed by atoms with E-state index >= 15 is 0 Å². The van der Waals surface area contributed by atoms with Crippen LogP contribution in [0.1, 0.15) is 42.5 Å². The monoisotopic (exact) mass is 300 g/mol. The lowest BCUT2D eigenvalue weighted by molar-refractivity contribution is 0.0585. The zero-order valence-corrected chi connectivity index (χ0v) is 13.2. The van der Waals surface area contributed by atoms with Gasteiger partial charge < -0.3 is 14.6 Å². The number of likely N-dealkylation sites (tertiary alicyclic amines) is 1. The first-order valence-electron chi connectivity index (χ1n) is 8.16. The molecule has 1 atom stereocenters. The normalized spacial score (nSPS) is 18.8. The second kappa shape index (κ2) is 6.97. The van der Waals surface area contributed by atoms with E-state index in [-0.39, 0.29) is 5.91 Å². The van der Waals surface area contributed by atoms with Gasteiger partial charge in [0.25, 0.3) is 5.91 Å². The summed E-state index contributed by atoms with van der Waals surface area (Å²) in [5.41, 5.74) is 1.87. The van der Waals surface area contributed by atoms with Gasteiger partial charge in [-0.2, -0.15) is 0 Å². The van der Waals surface area contributed by atoms with Crippen molar-refractivity contribution >= 4 is 16.8 Å². The predicted octanol–water partition coefficient (Wildman–Crippen LogP) is 3.59. The lowest BCUT2D eigenvalue weighted by Crippen LogP contribution is -2.43. The quantitative estimate of drug-likeness (QED) is 0.858. The molecule has 1 saturated heterocycles. The fourth-order valence-electron chi connectivity index (χ4n) is 3.38. The maximum Gasteiger partial charge on any atom is 0.254 e. The van der Waals surface area contributed by atoms with Crippen molar-refractivity contribution in [2.24, 2.45) is 0 Å². The Kier molecular flexibility index (Phi) is 4.78. The van der Waals surface area contributed by atoms with Crippen LogP contribution in [0, 0.1) is 0 Å². The molecule has 1 aliphatic rings. The van der Waals surface area contributed by atoms with Gasteiger partial charge in [-0.15, -0.1) is 0 Å². The number of ether oxygens (including phenoxy) is 1. The van der Waals surface area contributed by atoms with Crippen LogP contribution in [0.5, 0.6) is 0 Å². The Hall–Kier alpha value is -1.81. The number of methoxy groups -OCH3 is 1. The summed E-state index contributed by atoms with van der Waals surface area (Å²) < 4.78 is 5.15. The van der Waals surface area contributed by atoms with E-state index in [2.05, 4.69) is 9.88 Å². The van der Waals surface area contributed by atoms with E-state index < -0.39 is 0 Å². The number of fused-ring (bicyclic) bond motifs is 1. The number of benzene rings is 1. The van der Waals surface area contributed by atoms with Crippen LogP contribution >= 0.6 is 0 Å². The Morgan fingerprint density at radius 3 is 3.14 bits per heavy atom. The van der Waals surface area contributed by atoms with E-state index in [0.29, 0.717) is 6.04 Å². The molecule has 1 amide bonds. The Balaban J connectivity index is 1.75. The summed E-state index contributed by atoms with van der Waals surface area (Å²) in [5, 5.41) is 1.10. The Morgan fingerprint density at radius 2 is 2.27 bits per heavy atom. The SMILES string of the molecule is COCCC[C@@H]1CCCCN1C(=O)c1ccc2[nH]ccc2c1. The molecular formula is C18H24N2O2. The lowest BCUT2D eigenvalue weighted by Gasteiger charge is -2.36. The van der Waals surface area contributed by atoms with Gasteiger partial charge in [-0.1, -0.05) is 0 Å². The molecule has 1 aromatic heterocycles. The molecule has 4 heteroatoms. The topological polar surface area (TPSA) is 45.3 Å². The van der Waals surface area contributed by atoms with Gasteiger partial charge in [0.1, 0.15) is 0 Å². The number of rotatable bonds is 5. The summed E-state index contributed by atoms with van der Waals surface area (Å²) in [5.74, 6) is 0.171. The molecule has 118 valence electrons. The first-order valence-corrected chi connectivity index (χ1v) is 8.16. The zero-order chi connectivity index (χ0) is 15.4. The number of hydrogen-bond acceptors (Lipinski definition) is 2. The van der Waals surface area contributed by atoms with Gasteiger partial charge in [0.2, 0.25) is 0 Å². The second-order valence-corrected chi connectivity index (χ2v) is 6.06. The van der Waals surface area contributed by atoms with E-state index in [1.165, 1.54) is 6.42 Å². The second-order valence-electron chi connectivity index (χ2n) is 6.06. The van der Waals surface area contributed by atoms with Crippen LogP contribution in [0.25, 0.3) is 10.9 Å². The van der Waals surface area contributed by atoms with Crippen LogP contribution in [0.3, 0.4) is 0 Å². The number of nitrogens with one attached hydrogen (secondary N) is 1. The molecule has 2 heterocycles. The van der Waals surface area contributed by atoms with Crippen molar-refractivity contribution in [3.8, 4) is 0 Å². The standard InChI is InChI=1S/C18H24N2O2/c1-22-12-4-6-16-5-2-3-11-20(16)18(21)15-7-8-17-14(13-15)9-10-19-17/h7-10,13,16,19H,2-6,11-12H2,1H3/t16-/m0/s1. The number of aromatic amines is 1. The van der Waals surface area contributed by atoms with E-state index in [0.717, 1.165) is 55.3 Å². The highest BCUT2D eigenvalue weighted by Crippen LogP contribution is 2.24. The molecule has 1 aromatic carbocycles. The summed E-state index contributed by atoms with van der Waals surface area (Å²) in [6.07, 6.45) is 7.40. The van der Waals surface area contributed by atoms with E-state index in [1.54, 1.807) is 7.11 Å². The number of carbonyl (C=O) groups excluding carboxylic acids is 1. The number of carbonyl (C=O) groups is 1. The van der Waals surface area contributed by atoms with Crippen molar-refractivity contribution in [3.05, 3.63) is 36.0 Å². The van der Waals surface area contributed by atoms with Gasteiger partial charge in [0.05, 0.1) is 0 Å². The molecule has 22 heavy (non-hydrogen) atoms. The number of nitrogens with zero attached hydrogens (tertiary/aromatic N) is 1. The number of amides is 1. The number of aromatic nitrogens is 1. The minimum atomic E-state index is 0.171. The maximum atomic E-state index is 12.9. The molecule has 3 rings (SSSR count). The number of hydrogen-bond donors (Lipinski definition) is 1. The third-order valence-electron chi connectivity index (χ3n) is 4.57. The summed E-state index contributed by atoms with van der Waals surface area (Å²) >= 11 is 0. The van der Waals surface area contributed by atoms with Crippen LogP contribution in [0.2, 0.25) is 0 Å². The van der Waals surface area contributed by atoms with Crippen molar-refractivity contribution in [2.75, 3.05) is 20.3 Å². The first kappa shape index (κ1) is 15.1. The third-order valence-corrected chi connectivity index (χ3v) is 4.57. The van der Waals surface area contributed by atoms with Gasteiger partial charge >= 0.3 is 0 Å². The molecule has 1 fully saturated rings. The van der Waals surface area contributed by atoms with Gasteiger partial charge in [0, 0.05) is 49.0 Å². The molecule has 0 aliphatic carbocycles. The average Bonchev–Trinajstić information content (AvgIpc) is 3.02. The van der Waals surface area contributed by atoms with Crippen LogP contribution in [-0.2, 0) is 4.74 Å². The molecule has 1 N–H and O–H groups in total. The highest BCUT2D eigenvalue weighted by molar-refractivity contribution is 5.98. The first-order chi connectivity index (χ1) is 10.8. The van der Waals surface area contributed by atoms with Crippen LogP contribution in [0.4, 0.5) is 0 Å². The molecule has 0 saturated carbocycles. The Bertz CT molecular complexity index is 635. The fourth-order valence-corrected chi connectivity index (χ4v) is 3.38. The zero-order valence-electron chi connectivity index (χ0n) is 13.2. The summed E-state index contributed by atoms with van der Waals surface area (Å²) in [6, 6.07) is 8.29. The average molecular weight is 300 g/mol. The van der Waals surface area contributed by atoms with Crippen LogP contribution in [0.15, 0.2) is 30.5 Å². The van der Waals surface area contributed by atoms with Crippen molar-refractivity contribution < 1.29 is 9.53 Å². The number of H-pyrrole nitrogens is 1. The van der Waals surface area contributed by atoms with Crippen LogP contribution in [-0.4, -0.2) is 42.1 Å². The van der Waals surface area contributed by atoms with Crippen molar-refractivity contribution in [1.29, 1.82) is 0 Å². The van der Waals surface area contributed by atoms with Gasteiger partial charge in [0.15, 0.2) is 0 Å². The summed E-state index contributed by atoms with van der Waals surface area (Å²) in [4.78, 5) is 18.1.